The fourth-order valence-electron chi connectivity index (χ4n) is 3.14. The molecule has 1 aliphatic rings. The molecule has 1 unspecified atom stereocenters. The molecule has 140 valence electrons. The predicted octanol–water partition coefficient (Wildman–Crippen LogP) is 4.79. The molecule has 3 nitrogen and oxygen atoms in total. The van der Waals surface area contributed by atoms with Gasteiger partial charge in [0.2, 0.25) is 0 Å². The lowest BCUT2D eigenvalue weighted by molar-refractivity contribution is 0.0463. The van der Waals surface area contributed by atoms with Crippen LogP contribution in [0.2, 0.25) is 0 Å². The van der Waals surface area contributed by atoms with Gasteiger partial charge in [-0.3, -0.25) is 4.79 Å². The highest BCUT2D eigenvalue weighted by molar-refractivity contribution is 7.99. The van der Waals surface area contributed by atoms with E-state index in [1.54, 1.807) is 28.5 Å². The molecule has 26 heavy (non-hydrogen) atoms. The number of aliphatic hydroxyl groups excluding tert-OH is 1. The summed E-state index contributed by atoms with van der Waals surface area (Å²) >= 11 is 1.56. The zero-order chi connectivity index (χ0) is 18.7. The average Bonchev–Trinajstić information content (AvgIpc) is 3.08. The van der Waals surface area contributed by atoms with Gasteiger partial charge in [-0.15, -0.1) is 11.3 Å². The minimum absolute atomic E-state index is 0.0252. The van der Waals surface area contributed by atoms with Crippen molar-refractivity contribution in [2.45, 2.75) is 29.6 Å². The lowest BCUT2D eigenvalue weighted by atomic mass is 9.87. The van der Waals surface area contributed by atoms with Crippen LogP contribution in [0.25, 0.3) is 0 Å². The van der Waals surface area contributed by atoms with E-state index in [0.717, 1.165) is 0 Å². The Labute approximate surface area is 157 Å². The summed E-state index contributed by atoms with van der Waals surface area (Å²) < 4.78 is 38.2. The molecule has 1 aromatic carbocycles. The summed E-state index contributed by atoms with van der Waals surface area (Å²) in [5.41, 5.74) is 0.657. The summed E-state index contributed by atoms with van der Waals surface area (Å²) in [6.45, 7) is 0.914. The second-order valence-electron chi connectivity index (χ2n) is 6.12. The highest BCUT2D eigenvalue weighted by Crippen LogP contribution is 2.35. The smallest absolute Gasteiger partial charge is 0.288 e. The molecule has 0 radical (unpaired) electrons. The first kappa shape index (κ1) is 19.3. The van der Waals surface area contributed by atoms with E-state index in [0.29, 0.717) is 53.0 Å². The van der Waals surface area contributed by atoms with Crippen molar-refractivity contribution in [1.82, 2.24) is 4.90 Å². The number of benzene rings is 1. The molecule has 2 aromatic rings. The van der Waals surface area contributed by atoms with Gasteiger partial charge in [-0.05, 0) is 47.9 Å². The summed E-state index contributed by atoms with van der Waals surface area (Å²) in [7, 11) is 0. The molecule has 0 spiro atoms. The Hall–Kier alpha value is -1.51. The van der Waals surface area contributed by atoms with Crippen molar-refractivity contribution < 1.29 is 23.1 Å². The second-order valence-corrected chi connectivity index (χ2v) is 8.07. The van der Waals surface area contributed by atoms with Gasteiger partial charge >= 0.3 is 0 Å². The van der Waals surface area contributed by atoms with E-state index < -0.39 is 11.9 Å². The topological polar surface area (TPSA) is 40.5 Å². The first-order valence-electron chi connectivity index (χ1n) is 8.21. The number of piperidine rings is 1. The quantitative estimate of drug-likeness (QED) is 0.733. The van der Waals surface area contributed by atoms with Gasteiger partial charge < -0.3 is 10.0 Å². The lowest BCUT2D eigenvalue weighted by Crippen LogP contribution is -2.39. The zero-order valence-corrected chi connectivity index (χ0v) is 15.4. The Morgan fingerprint density at radius 3 is 2.46 bits per heavy atom. The maximum atomic E-state index is 13.0. The van der Waals surface area contributed by atoms with Gasteiger partial charge in [-0.1, -0.05) is 23.9 Å². The fraction of sp³-hybridized carbons (Fsp3) is 0.389. The van der Waals surface area contributed by atoms with Crippen molar-refractivity contribution in [1.29, 1.82) is 0 Å². The Bertz CT molecular complexity index is 743. The highest BCUT2D eigenvalue weighted by atomic mass is 32.2. The Morgan fingerprint density at radius 1 is 1.19 bits per heavy atom. The largest absolute Gasteiger partial charge is 0.388 e. The molecule has 1 amide bonds. The molecule has 1 fully saturated rings. The normalized spacial score (nSPS) is 16.9. The van der Waals surface area contributed by atoms with E-state index in [2.05, 4.69) is 0 Å². The van der Waals surface area contributed by atoms with E-state index in [4.69, 9.17) is 0 Å². The van der Waals surface area contributed by atoms with Gasteiger partial charge in [0.1, 0.15) is 10.7 Å². The summed E-state index contributed by atoms with van der Waals surface area (Å²) in [4.78, 5) is 14.9. The number of thiophene rings is 1. The molecular formula is C18H18F3NO2S2. The lowest BCUT2D eigenvalue weighted by Gasteiger charge is -2.34. The molecule has 1 saturated heterocycles. The van der Waals surface area contributed by atoms with E-state index in [1.165, 1.54) is 23.5 Å². The van der Waals surface area contributed by atoms with Gasteiger partial charge in [-0.25, -0.2) is 4.39 Å². The molecule has 8 heteroatoms. The van der Waals surface area contributed by atoms with Crippen LogP contribution in [0.5, 0.6) is 0 Å². The van der Waals surface area contributed by atoms with Crippen LogP contribution in [0.1, 0.15) is 34.2 Å². The number of hydrogen-bond donors (Lipinski definition) is 1. The number of alkyl halides is 2. The Kier molecular flexibility index (Phi) is 6.26. The minimum Gasteiger partial charge on any atom is -0.388 e. The van der Waals surface area contributed by atoms with Crippen molar-refractivity contribution in [3.8, 4) is 0 Å². The monoisotopic (exact) mass is 401 g/mol. The van der Waals surface area contributed by atoms with E-state index in [-0.39, 0.29) is 17.6 Å². The third-order valence-electron chi connectivity index (χ3n) is 4.52. The van der Waals surface area contributed by atoms with Crippen LogP contribution >= 0.6 is 23.1 Å². The second kappa shape index (κ2) is 8.45. The number of aliphatic hydroxyl groups is 1. The highest BCUT2D eigenvalue weighted by Gasteiger charge is 2.30. The maximum Gasteiger partial charge on any atom is 0.288 e. The predicted molar refractivity (Wildman–Crippen MR) is 96.2 cm³/mol. The van der Waals surface area contributed by atoms with Gasteiger partial charge in [0.25, 0.3) is 11.7 Å². The molecule has 0 bridgehead atoms. The Morgan fingerprint density at radius 2 is 1.85 bits per heavy atom. The van der Waals surface area contributed by atoms with Crippen molar-refractivity contribution >= 4 is 29.0 Å². The van der Waals surface area contributed by atoms with E-state index >= 15 is 0 Å². The van der Waals surface area contributed by atoms with Crippen molar-refractivity contribution in [3.05, 3.63) is 52.0 Å². The van der Waals surface area contributed by atoms with Crippen LogP contribution in [0, 0.1) is 11.7 Å². The number of rotatable bonds is 5. The number of amides is 1. The fourth-order valence-corrected chi connectivity index (χ4v) is 4.80. The van der Waals surface area contributed by atoms with Crippen molar-refractivity contribution in [2.75, 3.05) is 13.1 Å². The van der Waals surface area contributed by atoms with Crippen LogP contribution in [-0.4, -0.2) is 34.8 Å². The zero-order valence-electron chi connectivity index (χ0n) is 13.8. The number of carbonyl (C=O) groups is 1. The number of halogens is 3. The van der Waals surface area contributed by atoms with Gasteiger partial charge in [0.15, 0.2) is 0 Å². The van der Waals surface area contributed by atoms with E-state index in [9.17, 15) is 23.1 Å². The van der Waals surface area contributed by atoms with Crippen LogP contribution in [0.3, 0.4) is 0 Å². The summed E-state index contributed by atoms with van der Waals surface area (Å²) in [6.07, 6.45) is 0.500. The van der Waals surface area contributed by atoms with Gasteiger partial charge in [0.05, 0.1) is 6.10 Å². The molecule has 0 aliphatic carbocycles. The molecule has 1 aromatic heterocycles. The number of nitrogens with zero attached hydrogens (tertiary/aromatic N) is 1. The van der Waals surface area contributed by atoms with Gasteiger partial charge in [-0.2, -0.15) is 8.78 Å². The van der Waals surface area contributed by atoms with Crippen molar-refractivity contribution in [3.63, 3.8) is 0 Å². The third kappa shape index (κ3) is 4.42. The molecule has 1 N–H and O–H groups in total. The standard InChI is InChI=1S/C18H18F3NO2S2/c19-13-3-1-11(2-4-13)15(23)12-5-8-22(9-6-12)17(24)16-14(7-10-25-16)26-18(20)21/h1-4,7,10,12,15,18,23H,5-6,8-9H2. The van der Waals surface area contributed by atoms with Crippen LogP contribution in [-0.2, 0) is 0 Å². The van der Waals surface area contributed by atoms with Crippen LogP contribution in [0.4, 0.5) is 13.2 Å². The van der Waals surface area contributed by atoms with Crippen LogP contribution < -0.4 is 0 Å². The summed E-state index contributed by atoms with van der Waals surface area (Å²) in [5, 5.41) is 12.1. The molecular weight excluding hydrogens is 383 g/mol. The van der Waals surface area contributed by atoms with Crippen LogP contribution in [0.15, 0.2) is 40.6 Å². The molecule has 2 heterocycles. The SMILES string of the molecule is O=C(c1sccc1SC(F)F)N1CCC(C(O)c2ccc(F)cc2)CC1. The molecule has 1 atom stereocenters. The molecule has 3 rings (SSSR count). The maximum absolute atomic E-state index is 13.0. The molecule has 1 aliphatic heterocycles. The number of carbonyl (C=O) groups excluding carboxylic acids is 1. The Balaban J connectivity index is 1.60. The first-order valence-corrected chi connectivity index (χ1v) is 9.96. The first-order chi connectivity index (χ1) is 12.5. The number of thioether (sulfide) groups is 1. The summed E-state index contributed by atoms with van der Waals surface area (Å²) in [6, 6.07) is 7.31. The third-order valence-corrected chi connectivity index (χ3v) is 6.33. The number of hydrogen-bond acceptors (Lipinski definition) is 4. The molecule has 0 saturated carbocycles. The average molecular weight is 401 g/mol. The van der Waals surface area contributed by atoms with Gasteiger partial charge in [0, 0.05) is 18.0 Å². The minimum atomic E-state index is -2.56. The number of likely N-dealkylation sites (tertiary alicyclic amines) is 1. The van der Waals surface area contributed by atoms with E-state index in [1.807, 2.05) is 0 Å². The summed E-state index contributed by atoms with van der Waals surface area (Å²) in [5.74, 6) is -3.18. The van der Waals surface area contributed by atoms with Crippen molar-refractivity contribution in [2.24, 2.45) is 5.92 Å².